The van der Waals surface area contributed by atoms with Gasteiger partial charge in [0.2, 0.25) is 0 Å². The lowest BCUT2D eigenvalue weighted by Crippen LogP contribution is -2.16. The minimum atomic E-state index is 0.936. The van der Waals surface area contributed by atoms with Gasteiger partial charge in [0, 0.05) is 23.6 Å². The van der Waals surface area contributed by atoms with Gasteiger partial charge in [0.25, 0.3) is 0 Å². The lowest BCUT2D eigenvalue weighted by atomic mass is 10.1. The van der Waals surface area contributed by atoms with Gasteiger partial charge in [-0.05, 0) is 50.4 Å². The SMILES string of the molecule is C=C(CC)Cn1cc(CCCNCCC)c2ccccc21. The molecule has 1 N–H and O–H groups in total. The normalized spacial score (nSPS) is 11.1. The lowest BCUT2D eigenvalue weighted by molar-refractivity contribution is 0.640. The van der Waals surface area contributed by atoms with Gasteiger partial charge < -0.3 is 9.88 Å². The van der Waals surface area contributed by atoms with Crippen molar-refractivity contribution >= 4 is 10.9 Å². The van der Waals surface area contributed by atoms with Gasteiger partial charge in [-0.2, -0.15) is 0 Å². The molecule has 0 atom stereocenters. The molecule has 1 aromatic carbocycles. The van der Waals surface area contributed by atoms with Gasteiger partial charge in [-0.1, -0.05) is 44.2 Å². The number of nitrogens with one attached hydrogen (secondary N) is 1. The molecule has 2 nitrogen and oxygen atoms in total. The first kappa shape index (κ1) is 15.8. The largest absolute Gasteiger partial charge is 0.343 e. The predicted octanol–water partition coefficient (Wildman–Crippen LogP) is 4.54. The van der Waals surface area contributed by atoms with E-state index in [1.165, 1.54) is 34.9 Å². The molecular formula is C19H28N2. The Kier molecular flexibility index (Phi) is 6.06. The second-order valence-electron chi connectivity index (χ2n) is 5.76. The molecule has 2 aromatic rings. The van der Waals surface area contributed by atoms with E-state index in [1.54, 1.807) is 0 Å². The second-order valence-corrected chi connectivity index (χ2v) is 5.76. The highest BCUT2D eigenvalue weighted by Gasteiger charge is 2.08. The summed E-state index contributed by atoms with van der Waals surface area (Å²) in [4.78, 5) is 0. The van der Waals surface area contributed by atoms with Crippen LogP contribution < -0.4 is 5.32 Å². The fraction of sp³-hybridized carbons (Fsp3) is 0.474. The third-order valence-electron chi connectivity index (χ3n) is 3.99. The fourth-order valence-corrected chi connectivity index (χ4v) is 2.71. The van der Waals surface area contributed by atoms with Gasteiger partial charge >= 0.3 is 0 Å². The van der Waals surface area contributed by atoms with Gasteiger partial charge in [-0.15, -0.1) is 0 Å². The Hall–Kier alpha value is -1.54. The van der Waals surface area contributed by atoms with Crippen LogP contribution in [-0.4, -0.2) is 17.7 Å². The Balaban J connectivity index is 2.10. The maximum atomic E-state index is 4.15. The Bertz CT molecular complexity index is 580. The Morgan fingerprint density at radius 3 is 2.76 bits per heavy atom. The topological polar surface area (TPSA) is 17.0 Å². The highest BCUT2D eigenvalue weighted by atomic mass is 15.0. The molecule has 1 heterocycles. The minimum absolute atomic E-state index is 0.936. The monoisotopic (exact) mass is 284 g/mol. The van der Waals surface area contributed by atoms with E-state index in [0.717, 1.165) is 32.5 Å². The van der Waals surface area contributed by atoms with Crippen LogP contribution in [0.1, 0.15) is 38.7 Å². The van der Waals surface area contributed by atoms with Gasteiger partial charge in [0.1, 0.15) is 0 Å². The number of para-hydroxylation sites is 1. The van der Waals surface area contributed by atoms with Crippen molar-refractivity contribution in [3.05, 3.63) is 48.2 Å². The summed E-state index contributed by atoms with van der Waals surface area (Å²) < 4.78 is 2.36. The standard InChI is InChI=1S/C19H28N2/c1-4-12-20-13-8-9-17-15-21(14-16(3)5-2)19-11-7-6-10-18(17)19/h6-7,10-11,15,20H,3-5,8-9,12-14H2,1-2H3. The molecule has 2 heteroatoms. The van der Waals surface area contributed by atoms with Crippen LogP contribution in [0.4, 0.5) is 0 Å². The quantitative estimate of drug-likeness (QED) is 0.528. The summed E-state index contributed by atoms with van der Waals surface area (Å²) in [6.45, 7) is 11.7. The summed E-state index contributed by atoms with van der Waals surface area (Å²) in [5.41, 5.74) is 4.09. The summed E-state index contributed by atoms with van der Waals surface area (Å²) in [5, 5.41) is 4.88. The zero-order chi connectivity index (χ0) is 15.1. The summed E-state index contributed by atoms with van der Waals surface area (Å²) in [5.74, 6) is 0. The van der Waals surface area contributed by atoms with Crippen LogP contribution in [0, 0.1) is 0 Å². The van der Waals surface area contributed by atoms with Crippen LogP contribution in [-0.2, 0) is 13.0 Å². The Labute approximate surface area is 128 Å². The van der Waals surface area contributed by atoms with E-state index in [1.807, 2.05) is 0 Å². The van der Waals surface area contributed by atoms with Crippen molar-refractivity contribution in [2.45, 2.75) is 46.1 Å². The molecule has 0 amide bonds. The maximum Gasteiger partial charge on any atom is 0.0486 e. The molecule has 0 fully saturated rings. The molecule has 1 aromatic heterocycles. The van der Waals surface area contributed by atoms with Crippen molar-refractivity contribution in [2.75, 3.05) is 13.1 Å². The molecule has 0 bridgehead atoms. The molecule has 0 aliphatic rings. The molecule has 0 aliphatic heterocycles. The fourth-order valence-electron chi connectivity index (χ4n) is 2.71. The van der Waals surface area contributed by atoms with Crippen molar-refractivity contribution in [3.8, 4) is 0 Å². The number of hydrogen-bond acceptors (Lipinski definition) is 1. The molecule has 0 radical (unpaired) electrons. The van der Waals surface area contributed by atoms with Gasteiger partial charge in [0.15, 0.2) is 0 Å². The summed E-state index contributed by atoms with van der Waals surface area (Å²) in [6.07, 6.45) is 6.91. The van der Waals surface area contributed by atoms with Gasteiger partial charge in [-0.25, -0.2) is 0 Å². The first-order valence-electron chi connectivity index (χ1n) is 8.20. The third-order valence-corrected chi connectivity index (χ3v) is 3.99. The zero-order valence-corrected chi connectivity index (χ0v) is 13.5. The number of nitrogens with zero attached hydrogens (tertiary/aromatic N) is 1. The third kappa shape index (κ3) is 4.21. The van der Waals surface area contributed by atoms with Crippen molar-refractivity contribution < 1.29 is 0 Å². The van der Waals surface area contributed by atoms with E-state index >= 15 is 0 Å². The highest BCUT2D eigenvalue weighted by Crippen LogP contribution is 2.23. The molecule has 0 spiro atoms. The lowest BCUT2D eigenvalue weighted by Gasteiger charge is -2.06. The van der Waals surface area contributed by atoms with Crippen molar-refractivity contribution in [2.24, 2.45) is 0 Å². The average Bonchev–Trinajstić information content (AvgIpc) is 2.85. The smallest absolute Gasteiger partial charge is 0.0486 e. The van der Waals surface area contributed by atoms with Crippen LogP contribution in [0.15, 0.2) is 42.6 Å². The van der Waals surface area contributed by atoms with Crippen LogP contribution in [0.3, 0.4) is 0 Å². The molecule has 0 saturated carbocycles. The molecule has 114 valence electrons. The number of rotatable bonds is 9. The van der Waals surface area contributed by atoms with E-state index in [-0.39, 0.29) is 0 Å². The molecular weight excluding hydrogens is 256 g/mol. The number of benzene rings is 1. The van der Waals surface area contributed by atoms with Crippen molar-refractivity contribution in [1.82, 2.24) is 9.88 Å². The highest BCUT2D eigenvalue weighted by molar-refractivity contribution is 5.84. The van der Waals surface area contributed by atoms with Gasteiger partial charge in [-0.3, -0.25) is 0 Å². The number of fused-ring (bicyclic) bond motifs is 1. The summed E-state index contributed by atoms with van der Waals surface area (Å²) in [6, 6.07) is 8.73. The molecule has 0 unspecified atom stereocenters. The first-order valence-corrected chi connectivity index (χ1v) is 8.20. The molecule has 0 saturated heterocycles. The number of hydrogen-bond donors (Lipinski definition) is 1. The van der Waals surface area contributed by atoms with Crippen molar-refractivity contribution in [3.63, 3.8) is 0 Å². The van der Waals surface area contributed by atoms with Crippen LogP contribution in [0.2, 0.25) is 0 Å². The van der Waals surface area contributed by atoms with E-state index in [4.69, 9.17) is 0 Å². The Morgan fingerprint density at radius 2 is 2.00 bits per heavy atom. The number of allylic oxidation sites excluding steroid dienone is 1. The van der Waals surface area contributed by atoms with E-state index in [0.29, 0.717) is 0 Å². The summed E-state index contributed by atoms with van der Waals surface area (Å²) in [7, 11) is 0. The van der Waals surface area contributed by atoms with E-state index in [9.17, 15) is 0 Å². The maximum absolute atomic E-state index is 4.15. The predicted molar refractivity (Wildman–Crippen MR) is 92.9 cm³/mol. The molecule has 21 heavy (non-hydrogen) atoms. The van der Waals surface area contributed by atoms with E-state index < -0.39 is 0 Å². The zero-order valence-electron chi connectivity index (χ0n) is 13.5. The minimum Gasteiger partial charge on any atom is -0.343 e. The summed E-state index contributed by atoms with van der Waals surface area (Å²) >= 11 is 0. The second kappa shape index (κ2) is 8.04. The molecule has 0 aliphatic carbocycles. The Morgan fingerprint density at radius 1 is 1.19 bits per heavy atom. The van der Waals surface area contributed by atoms with Crippen LogP contribution >= 0.6 is 0 Å². The van der Waals surface area contributed by atoms with Crippen molar-refractivity contribution in [1.29, 1.82) is 0 Å². The number of aryl methyl sites for hydroxylation is 1. The van der Waals surface area contributed by atoms with Gasteiger partial charge in [0.05, 0.1) is 0 Å². The molecule has 2 rings (SSSR count). The average molecular weight is 284 g/mol. The first-order chi connectivity index (χ1) is 10.3. The van der Waals surface area contributed by atoms with Crippen LogP contribution in [0.25, 0.3) is 10.9 Å². The van der Waals surface area contributed by atoms with Crippen LogP contribution in [0.5, 0.6) is 0 Å². The number of aromatic nitrogens is 1. The van der Waals surface area contributed by atoms with E-state index in [2.05, 4.69) is 60.8 Å².